The van der Waals surface area contributed by atoms with Crippen molar-refractivity contribution in [3.8, 4) is 6.07 Å². The van der Waals surface area contributed by atoms with Crippen molar-refractivity contribution in [3.63, 3.8) is 0 Å². The first-order valence-corrected chi connectivity index (χ1v) is 13.8. The van der Waals surface area contributed by atoms with Crippen LogP contribution in [-0.2, 0) is 0 Å². The summed E-state index contributed by atoms with van der Waals surface area (Å²) in [6.45, 7) is 3.29. The van der Waals surface area contributed by atoms with Crippen molar-refractivity contribution in [2.24, 2.45) is 0 Å². The molecule has 2 fully saturated rings. The molecule has 3 aromatic rings. The van der Waals surface area contributed by atoms with Crippen molar-refractivity contribution in [1.29, 1.82) is 5.26 Å². The van der Waals surface area contributed by atoms with Crippen LogP contribution >= 0.6 is 11.6 Å². The lowest BCUT2D eigenvalue weighted by Crippen LogP contribution is -2.49. The summed E-state index contributed by atoms with van der Waals surface area (Å²) >= 11 is 6.20. The van der Waals surface area contributed by atoms with E-state index >= 15 is 0 Å². The fourth-order valence-electron chi connectivity index (χ4n) is 5.68. The predicted molar refractivity (Wildman–Crippen MR) is 153 cm³/mol. The van der Waals surface area contributed by atoms with Crippen LogP contribution in [-0.4, -0.2) is 65.7 Å². The molecule has 1 N–H and O–H groups in total. The van der Waals surface area contributed by atoms with Gasteiger partial charge in [-0.3, -0.25) is 4.90 Å². The summed E-state index contributed by atoms with van der Waals surface area (Å²) in [5.74, 6) is 1.72. The highest BCUT2D eigenvalue weighted by atomic mass is 35.5. The minimum absolute atomic E-state index is 0.144. The number of rotatable bonds is 7. The van der Waals surface area contributed by atoms with Gasteiger partial charge < -0.3 is 15.1 Å². The Labute approximate surface area is 230 Å². The molecule has 1 saturated carbocycles. The van der Waals surface area contributed by atoms with Crippen LogP contribution in [0.4, 0.5) is 17.8 Å². The molecule has 0 amide bonds. The number of nitriles is 1. The second-order valence-electron chi connectivity index (χ2n) is 10.2. The van der Waals surface area contributed by atoms with Crippen molar-refractivity contribution in [2.75, 3.05) is 55.4 Å². The Hall–Kier alpha value is -3.41. The van der Waals surface area contributed by atoms with E-state index in [1.54, 1.807) is 0 Å². The average molecular weight is 531 g/mol. The van der Waals surface area contributed by atoms with Gasteiger partial charge in [0.15, 0.2) is 0 Å². The molecule has 2 aliphatic rings. The Balaban J connectivity index is 1.37. The Morgan fingerprint density at radius 3 is 2.21 bits per heavy atom. The summed E-state index contributed by atoms with van der Waals surface area (Å²) in [7, 11) is 3.76. The van der Waals surface area contributed by atoms with Crippen LogP contribution in [0.25, 0.3) is 0 Å². The van der Waals surface area contributed by atoms with Crippen molar-refractivity contribution in [2.45, 2.75) is 43.7 Å². The molecule has 0 bridgehead atoms. The SMILES string of the molecule is CNc1nc(N2CCN(C(c3ccccc3)c3ccc(Cl)cc3)CC2)nc(N(C)C2(C#N)CCCCC2)n1. The standard InChI is InChI=1S/C29H35ClN8/c1-32-26-33-27(36(2)29(21-31)15-7-4-8-16-29)35-28(34-26)38-19-17-37(18-20-38)25(22-9-5-3-6-10-22)23-11-13-24(30)14-12-23/h3,5-6,9-14,25H,4,7-8,15-20H2,1-2H3,(H,32,33,34,35). The number of nitrogens with zero attached hydrogens (tertiary/aromatic N) is 7. The first kappa shape index (κ1) is 26.2. The molecule has 1 aromatic heterocycles. The number of aromatic nitrogens is 3. The van der Waals surface area contributed by atoms with Gasteiger partial charge in [0.1, 0.15) is 5.54 Å². The van der Waals surface area contributed by atoms with E-state index in [0.717, 1.165) is 56.9 Å². The zero-order valence-corrected chi connectivity index (χ0v) is 22.9. The number of anilines is 3. The number of piperazine rings is 1. The van der Waals surface area contributed by atoms with E-state index in [0.29, 0.717) is 17.8 Å². The largest absolute Gasteiger partial charge is 0.357 e. The second-order valence-corrected chi connectivity index (χ2v) is 10.6. The zero-order valence-electron chi connectivity index (χ0n) is 22.1. The molecular formula is C29H35ClN8. The zero-order chi connectivity index (χ0) is 26.5. The highest BCUT2D eigenvalue weighted by Gasteiger charge is 2.38. The minimum Gasteiger partial charge on any atom is -0.357 e. The number of halogens is 1. The fraction of sp³-hybridized carbons (Fsp3) is 0.448. The maximum absolute atomic E-state index is 10.1. The molecule has 38 heavy (non-hydrogen) atoms. The first-order chi connectivity index (χ1) is 18.5. The van der Waals surface area contributed by atoms with E-state index in [1.807, 2.05) is 31.1 Å². The summed E-state index contributed by atoms with van der Waals surface area (Å²) in [5.41, 5.74) is 1.92. The van der Waals surface area contributed by atoms with Crippen LogP contribution in [0, 0.1) is 11.3 Å². The Morgan fingerprint density at radius 1 is 0.921 bits per heavy atom. The molecule has 0 radical (unpaired) electrons. The van der Waals surface area contributed by atoms with Gasteiger partial charge in [-0.05, 0) is 36.1 Å². The number of hydrogen-bond donors (Lipinski definition) is 1. The van der Waals surface area contributed by atoms with E-state index in [-0.39, 0.29) is 6.04 Å². The van der Waals surface area contributed by atoms with Crippen LogP contribution in [0.2, 0.25) is 5.02 Å². The summed E-state index contributed by atoms with van der Waals surface area (Å²) in [6, 6.07) is 21.5. The number of nitrogens with one attached hydrogen (secondary N) is 1. The molecule has 1 saturated heterocycles. The maximum atomic E-state index is 10.1. The second kappa shape index (κ2) is 11.5. The van der Waals surface area contributed by atoms with Gasteiger partial charge in [-0.1, -0.05) is 73.3 Å². The lowest BCUT2D eigenvalue weighted by atomic mass is 9.82. The molecule has 2 heterocycles. The van der Waals surface area contributed by atoms with E-state index in [4.69, 9.17) is 21.6 Å². The van der Waals surface area contributed by atoms with Gasteiger partial charge in [0.05, 0.1) is 12.1 Å². The highest BCUT2D eigenvalue weighted by Crippen LogP contribution is 2.35. The van der Waals surface area contributed by atoms with Crippen molar-refractivity contribution >= 4 is 29.4 Å². The summed E-state index contributed by atoms with van der Waals surface area (Å²) in [4.78, 5) is 20.9. The lowest BCUT2D eigenvalue weighted by Gasteiger charge is -2.41. The highest BCUT2D eigenvalue weighted by molar-refractivity contribution is 6.30. The van der Waals surface area contributed by atoms with Crippen LogP contribution in [0.3, 0.4) is 0 Å². The van der Waals surface area contributed by atoms with Crippen LogP contribution in [0.1, 0.15) is 49.3 Å². The molecule has 8 nitrogen and oxygen atoms in total. The molecule has 198 valence electrons. The quantitative estimate of drug-likeness (QED) is 0.449. The predicted octanol–water partition coefficient (Wildman–Crippen LogP) is 5.14. The van der Waals surface area contributed by atoms with Crippen molar-refractivity contribution < 1.29 is 0 Å². The Bertz CT molecular complexity index is 1250. The Kier molecular flexibility index (Phi) is 7.96. The molecule has 1 unspecified atom stereocenters. The molecule has 1 aliphatic carbocycles. The van der Waals surface area contributed by atoms with Gasteiger partial charge >= 0.3 is 0 Å². The topological polar surface area (TPSA) is 84.2 Å². The van der Waals surface area contributed by atoms with E-state index < -0.39 is 5.54 Å². The van der Waals surface area contributed by atoms with Gasteiger partial charge in [-0.15, -0.1) is 0 Å². The van der Waals surface area contributed by atoms with E-state index in [1.165, 1.54) is 17.5 Å². The van der Waals surface area contributed by atoms with Gasteiger partial charge in [0, 0.05) is 45.3 Å². The van der Waals surface area contributed by atoms with Gasteiger partial charge in [-0.25, -0.2) is 0 Å². The smallest absolute Gasteiger partial charge is 0.233 e. The number of benzene rings is 2. The van der Waals surface area contributed by atoms with Crippen molar-refractivity contribution in [1.82, 2.24) is 19.9 Å². The van der Waals surface area contributed by atoms with Crippen molar-refractivity contribution in [3.05, 3.63) is 70.7 Å². The summed E-state index contributed by atoms with van der Waals surface area (Å²) in [6.07, 6.45) is 4.94. The van der Waals surface area contributed by atoms with E-state index in [9.17, 15) is 5.26 Å². The molecule has 9 heteroatoms. The molecule has 1 aliphatic heterocycles. The average Bonchev–Trinajstić information content (AvgIpc) is 2.99. The van der Waals surface area contributed by atoms with Gasteiger partial charge in [0.2, 0.25) is 17.8 Å². The van der Waals surface area contributed by atoms with E-state index in [2.05, 4.69) is 68.6 Å². The third-order valence-corrected chi connectivity index (χ3v) is 8.18. The van der Waals surface area contributed by atoms with Crippen LogP contribution < -0.4 is 15.1 Å². The molecular weight excluding hydrogens is 496 g/mol. The number of hydrogen-bond acceptors (Lipinski definition) is 8. The maximum Gasteiger partial charge on any atom is 0.233 e. The van der Waals surface area contributed by atoms with Gasteiger partial charge in [-0.2, -0.15) is 20.2 Å². The minimum atomic E-state index is -0.567. The summed E-state index contributed by atoms with van der Waals surface area (Å²) < 4.78 is 0. The van der Waals surface area contributed by atoms with Gasteiger partial charge in [0.25, 0.3) is 0 Å². The molecule has 0 spiro atoms. The lowest BCUT2D eigenvalue weighted by molar-refractivity contribution is 0.211. The molecule has 2 aromatic carbocycles. The molecule has 5 rings (SSSR count). The third kappa shape index (κ3) is 5.40. The van der Waals surface area contributed by atoms with Crippen LogP contribution in [0.5, 0.6) is 0 Å². The Morgan fingerprint density at radius 2 is 1.58 bits per heavy atom. The first-order valence-electron chi connectivity index (χ1n) is 13.4. The normalized spacial score (nSPS) is 18.4. The summed E-state index contributed by atoms with van der Waals surface area (Å²) in [5, 5.41) is 13.9. The third-order valence-electron chi connectivity index (χ3n) is 7.93. The van der Waals surface area contributed by atoms with Crippen LogP contribution in [0.15, 0.2) is 54.6 Å². The fourth-order valence-corrected chi connectivity index (χ4v) is 5.81. The molecule has 1 atom stereocenters. The monoisotopic (exact) mass is 530 g/mol.